The molecule has 0 spiro atoms. The zero-order valence-electron chi connectivity index (χ0n) is 13.2. The Hall–Kier alpha value is -1.82. The van der Waals surface area contributed by atoms with Crippen LogP contribution in [0.15, 0.2) is 60.7 Å². The lowest BCUT2D eigenvalue weighted by Gasteiger charge is -2.26. The zero-order chi connectivity index (χ0) is 16.1. The number of alkyl halides is 1. The van der Waals surface area contributed by atoms with Gasteiger partial charge in [0.1, 0.15) is 0 Å². The molecule has 3 heteroatoms. The van der Waals surface area contributed by atoms with Gasteiger partial charge in [-0.25, -0.2) is 0 Å². The largest absolute Gasteiger partial charge is 0.293 e. The molecule has 0 bridgehead atoms. The maximum Gasteiger partial charge on any atom is 0.0849 e. The second-order valence-electron chi connectivity index (χ2n) is 6.27. The molecular formula is C20H21ClN2. The van der Waals surface area contributed by atoms with Crippen LogP contribution in [-0.2, 0) is 12.0 Å². The number of hydrogen-bond donors (Lipinski definition) is 0. The second kappa shape index (κ2) is 7.17. The van der Waals surface area contributed by atoms with Crippen LogP contribution in [0.1, 0.15) is 24.0 Å². The minimum atomic E-state index is -0.473. The molecule has 0 N–H and O–H groups in total. The van der Waals surface area contributed by atoms with Crippen molar-refractivity contribution >= 4 is 11.6 Å². The van der Waals surface area contributed by atoms with Gasteiger partial charge >= 0.3 is 0 Å². The normalized spacial score (nSPS) is 22.1. The molecule has 23 heavy (non-hydrogen) atoms. The molecule has 0 aliphatic carbocycles. The molecule has 1 aliphatic heterocycles. The Labute approximate surface area is 143 Å². The predicted molar refractivity (Wildman–Crippen MR) is 94.3 cm³/mol. The average molecular weight is 325 g/mol. The van der Waals surface area contributed by atoms with Crippen molar-refractivity contribution < 1.29 is 0 Å². The molecule has 1 fully saturated rings. The van der Waals surface area contributed by atoms with E-state index in [1.54, 1.807) is 0 Å². The fraction of sp³-hybridized carbons (Fsp3) is 0.350. The molecule has 2 nitrogen and oxygen atoms in total. The lowest BCUT2D eigenvalue weighted by molar-refractivity contribution is 0.413. The lowest BCUT2D eigenvalue weighted by Crippen LogP contribution is -2.28. The highest BCUT2D eigenvalue weighted by atomic mass is 35.5. The van der Waals surface area contributed by atoms with Crippen LogP contribution in [0.2, 0.25) is 0 Å². The van der Waals surface area contributed by atoms with Gasteiger partial charge in [0, 0.05) is 25.0 Å². The van der Waals surface area contributed by atoms with E-state index in [0.29, 0.717) is 18.3 Å². The SMILES string of the molecule is N#C[C@@](CCCl)(C[C@@H]1CN1Cc1ccccc1)c1ccccc1. The summed E-state index contributed by atoms with van der Waals surface area (Å²) in [6, 6.07) is 23.7. The van der Waals surface area contributed by atoms with E-state index in [9.17, 15) is 5.26 Å². The molecule has 2 aromatic rings. The van der Waals surface area contributed by atoms with Gasteiger partial charge < -0.3 is 0 Å². The first-order chi connectivity index (χ1) is 11.3. The highest BCUT2D eigenvalue weighted by molar-refractivity contribution is 6.17. The Bertz CT molecular complexity index is 665. The number of benzene rings is 2. The van der Waals surface area contributed by atoms with Crippen LogP contribution in [0.25, 0.3) is 0 Å². The highest BCUT2D eigenvalue weighted by Crippen LogP contribution is 2.38. The van der Waals surface area contributed by atoms with Crippen LogP contribution < -0.4 is 0 Å². The van der Waals surface area contributed by atoms with Crippen molar-refractivity contribution in [2.75, 3.05) is 12.4 Å². The molecule has 0 radical (unpaired) electrons. The summed E-state index contributed by atoms with van der Waals surface area (Å²) in [5, 5.41) is 9.89. The quantitative estimate of drug-likeness (QED) is 0.559. The number of halogens is 1. The highest BCUT2D eigenvalue weighted by Gasteiger charge is 2.43. The number of nitriles is 1. The molecule has 0 saturated carbocycles. The summed E-state index contributed by atoms with van der Waals surface area (Å²) in [5.74, 6) is 0.508. The number of rotatable bonds is 7. The Morgan fingerprint density at radius 3 is 2.35 bits per heavy atom. The van der Waals surface area contributed by atoms with Crippen molar-refractivity contribution in [2.24, 2.45) is 0 Å². The minimum Gasteiger partial charge on any atom is -0.293 e. The molecular weight excluding hydrogens is 304 g/mol. The van der Waals surface area contributed by atoms with Crippen molar-refractivity contribution in [3.8, 4) is 6.07 Å². The van der Waals surface area contributed by atoms with Gasteiger partial charge in [0.15, 0.2) is 0 Å². The van der Waals surface area contributed by atoms with Gasteiger partial charge in [0.25, 0.3) is 0 Å². The van der Waals surface area contributed by atoms with Crippen LogP contribution in [-0.4, -0.2) is 23.4 Å². The molecule has 3 rings (SSSR count). The standard InChI is InChI=1S/C20H21ClN2/c21-12-11-20(16-22,18-9-5-2-6-10-18)13-19-15-23(19)14-17-7-3-1-4-8-17/h1-10,19H,11-15H2/t19-,20-,23?/m1/s1. The molecule has 1 unspecified atom stereocenters. The summed E-state index contributed by atoms with van der Waals surface area (Å²) < 4.78 is 0. The third kappa shape index (κ3) is 3.75. The molecule has 1 aliphatic rings. The van der Waals surface area contributed by atoms with Gasteiger partial charge in [-0.05, 0) is 24.0 Å². The van der Waals surface area contributed by atoms with Crippen LogP contribution in [0.4, 0.5) is 0 Å². The van der Waals surface area contributed by atoms with E-state index in [1.165, 1.54) is 5.56 Å². The summed E-state index contributed by atoms with van der Waals surface area (Å²) in [6.07, 6.45) is 1.55. The third-order valence-electron chi connectivity index (χ3n) is 4.70. The summed E-state index contributed by atoms with van der Waals surface area (Å²) in [4.78, 5) is 2.43. The van der Waals surface area contributed by atoms with Gasteiger partial charge in [0.05, 0.1) is 11.5 Å². The van der Waals surface area contributed by atoms with Crippen molar-refractivity contribution in [3.63, 3.8) is 0 Å². The molecule has 3 atom stereocenters. The van der Waals surface area contributed by atoms with Crippen molar-refractivity contribution in [3.05, 3.63) is 71.8 Å². The van der Waals surface area contributed by atoms with Crippen molar-refractivity contribution in [1.82, 2.24) is 4.90 Å². The Kier molecular flexibility index (Phi) is 5.00. The second-order valence-corrected chi connectivity index (χ2v) is 6.65. The van der Waals surface area contributed by atoms with E-state index >= 15 is 0 Å². The molecule has 0 amide bonds. The zero-order valence-corrected chi connectivity index (χ0v) is 13.9. The lowest BCUT2D eigenvalue weighted by atomic mass is 9.75. The molecule has 0 aromatic heterocycles. The molecule has 1 saturated heterocycles. The smallest absolute Gasteiger partial charge is 0.0849 e. The van der Waals surface area contributed by atoms with Crippen LogP contribution >= 0.6 is 11.6 Å². The molecule has 118 valence electrons. The minimum absolute atomic E-state index is 0.471. The van der Waals surface area contributed by atoms with Crippen molar-refractivity contribution in [1.29, 1.82) is 5.26 Å². The maximum atomic E-state index is 9.89. The Morgan fingerprint density at radius 1 is 1.09 bits per heavy atom. The average Bonchev–Trinajstić information content (AvgIpc) is 3.33. The Morgan fingerprint density at radius 2 is 1.74 bits per heavy atom. The van der Waals surface area contributed by atoms with E-state index in [-0.39, 0.29) is 0 Å². The van der Waals surface area contributed by atoms with E-state index in [0.717, 1.165) is 25.1 Å². The van der Waals surface area contributed by atoms with Gasteiger partial charge in [-0.2, -0.15) is 5.26 Å². The van der Waals surface area contributed by atoms with E-state index in [4.69, 9.17) is 11.6 Å². The van der Waals surface area contributed by atoms with Crippen LogP contribution in [0, 0.1) is 11.3 Å². The van der Waals surface area contributed by atoms with Crippen molar-refractivity contribution in [2.45, 2.75) is 30.8 Å². The molecule has 1 heterocycles. The van der Waals surface area contributed by atoms with Gasteiger partial charge in [-0.1, -0.05) is 60.7 Å². The van der Waals surface area contributed by atoms with Crippen LogP contribution in [0.3, 0.4) is 0 Å². The topological polar surface area (TPSA) is 26.8 Å². The first-order valence-corrected chi connectivity index (χ1v) is 8.61. The van der Waals surface area contributed by atoms with E-state index in [2.05, 4.69) is 47.4 Å². The summed E-state index contributed by atoms with van der Waals surface area (Å²) >= 11 is 6.02. The first kappa shape index (κ1) is 16.1. The summed E-state index contributed by atoms with van der Waals surface area (Å²) in [7, 11) is 0. The summed E-state index contributed by atoms with van der Waals surface area (Å²) in [6.45, 7) is 2.02. The third-order valence-corrected chi connectivity index (χ3v) is 4.89. The fourth-order valence-corrected chi connectivity index (χ4v) is 3.60. The molecule has 2 aromatic carbocycles. The van der Waals surface area contributed by atoms with E-state index < -0.39 is 5.41 Å². The van der Waals surface area contributed by atoms with Crippen LogP contribution in [0.5, 0.6) is 0 Å². The summed E-state index contributed by atoms with van der Waals surface area (Å²) in [5.41, 5.74) is 1.95. The number of hydrogen-bond acceptors (Lipinski definition) is 2. The monoisotopic (exact) mass is 324 g/mol. The van der Waals surface area contributed by atoms with Gasteiger partial charge in [-0.15, -0.1) is 11.6 Å². The number of nitrogens with zero attached hydrogens (tertiary/aromatic N) is 2. The van der Waals surface area contributed by atoms with Gasteiger partial charge in [0.2, 0.25) is 0 Å². The first-order valence-electron chi connectivity index (χ1n) is 8.08. The Balaban J connectivity index is 1.70. The van der Waals surface area contributed by atoms with E-state index in [1.807, 2.05) is 24.3 Å². The maximum absolute atomic E-state index is 9.89. The fourth-order valence-electron chi connectivity index (χ4n) is 3.28. The van der Waals surface area contributed by atoms with Gasteiger partial charge in [-0.3, -0.25) is 4.90 Å². The predicted octanol–water partition coefficient (Wildman–Crippen LogP) is 4.35.